The number of ether oxygens (including phenoxy) is 1. The van der Waals surface area contributed by atoms with Crippen LogP contribution in [-0.4, -0.2) is 28.1 Å². The molecule has 0 saturated carbocycles. The molecule has 1 aliphatic heterocycles. The molecule has 0 spiro atoms. The number of benzene rings is 1. The van der Waals surface area contributed by atoms with Gasteiger partial charge >= 0.3 is 5.97 Å². The van der Waals surface area contributed by atoms with Gasteiger partial charge in [-0.3, -0.25) is 10.1 Å². The van der Waals surface area contributed by atoms with Gasteiger partial charge in [0.1, 0.15) is 0 Å². The average molecular weight is 315 g/mol. The number of aromatic nitrogens is 1. The number of carbonyl (C=O) groups is 1. The lowest BCUT2D eigenvalue weighted by atomic mass is 10.1. The van der Waals surface area contributed by atoms with Crippen molar-refractivity contribution in [3.8, 4) is 0 Å². The van der Waals surface area contributed by atoms with Crippen molar-refractivity contribution in [2.24, 2.45) is 5.11 Å². The molecule has 9 nitrogen and oxygen atoms in total. The maximum atomic E-state index is 12.3. The monoisotopic (exact) mass is 315 g/mol. The Morgan fingerprint density at radius 2 is 2.39 bits per heavy atom. The van der Waals surface area contributed by atoms with Crippen LogP contribution in [0, 0.1) is 10.1 Å². The molecule has 0 N–H and O–H groups in total. The molecule has 2 heterocycles. The number of nitrogens with zero attached hydrogens (tertiary/aromatic N) is 5. The molecular formula is C14H13N5O4. The summed E-state index contributed by atoms with van der Waals surface area (Å²) in [5.74, 6) is -0.471. The van der Waals surface area contributed by atoms with E-state index in [-0.39, 0.29) is 18.3 Å². The van der Waals surface area contributed by atoms with Crippen molar-refractivity contribution in [3.63, 3.8) is 0 Å². The summed E-state index contributed by atoms with van der Waals surface area (Å²) in [6.45, 7) is 2.33. The van der Waals surface area contributed by atoms with E-state index in [9.17, 15) is 14.9 Å². The number of carbonyl (C=O) groups excluding carboxylic acids is 1. The van der Waals surface area contributed by atoms with Gasteiger partial charge in [-0.1, -0.05) is 5.11 Å². The van der Waals surface area contributed by atoms with E-state index in [1.807, 2.05) is 0 Å². The molecule has 0 radical (unpaired) electrons. The molecule has 1 aromatic heterocycles. The number of hydrogen-bond donors (Lipinski definition) is 0. The predicted molar refractivity (Wildman–Crippen MR) is 81.2 cm³/mol. The zero-order chi connectivity index (χ0) is 16.6. The van der Waals surface area contributed by atoms with E-state index in [2.05, 4.69) is 10.0 Å². The zero-order valence-corrected chi connectivity index (χ0v) is 12.3. The average Bonchev–Trinajstić information content (AvgIpc) is 3.03. The van der Waals surface area contributed by atoms with Crippen LogP contribution in [0.1, 0.15) is 23.0 Å². The predicted octanol–water partition coefficient (Wildman–Crippen LogP) is 2.96. The number of fused-ring (bicyclic) bond motifs is 3. The van der Waals surface area contributed by atoms with Crippen LogP contribution >= 0.6 is 0 Å². The molecule has 1 aliphatic rings. The maximum Gasteiger partial charge on any atom is 0.340 e. The van der Waals surface area contributed by atoms with Crippen molar-refractivity contribution in [1.29, 1.82) is 0 Å². The van der Waals surface area contributed by atoms with Crippen molar-refractivity contribution in [2.45, 2.75) is 25.9 Å². The fraction of sp³-hybridized carbons (Fsp3) is 0.357. The summed E-state index contributed by atoms with van der Waals surface area (Å²) < 4.78 is 6.90. The van der Waals surface area contributed by atoms with Crippen LogP contribution in [-0.2, 0) is 17.7 Å². The zero-order valence-electron chi connectivity index (χ0n) is 12.3. The summed E-state index contributed by atoms with van der Waals surface area (Å²) in [5, 5.41) is 15.3. The van der Waals surface area contributed by atoms with E-state index < -0.39 is 10.9 Å². The normalized spacial score (nSPS) is 16.0. The molecule has 118 valence electrons. The van der Waals surface area contributed by atoms with Gasteiger partial charge in [0.25, 0.3) is 5.69 Å². The van der Waals surface area contributed by atoms with Gasteiger partial charge in [-0.05, 0) is 24.9 Å². The van der Waals surface area contributed by atoms with Crippen molar-refractivity contribution in [3.05, 3.63) is 50.0 Å². The van der Waals surface area contributed by atoms with Crippen molar-refractivity contribution < 1.29 is 14.5 Å². The molecule has 9 heteroatoms. The second-order valence-corrected chi connectivity index (χ2v) is 5.17. The van der Waals surface area contributed by atoms with Crippen LogP contribution in [0.5, 0.6) is 0 Å². The number of non-ortho nitro benzene ring substituents is 1. The lowest BCUT2D eigenvalue weighted by Crippen LogP contribution is -2.08. The summed E-state index contributed by atoms with van der Waals surface area (Å²) in [5.41, 5.74) is 10.2. The molecule has 1 atom stereocenters. The van der Waals surface area contributed by atoms with E-state index in [0.29, 0.717) is 35.1 Å². The lowest BCUT2D eigenvalue weighted by molar-refractivity contribution is -0.384. The summed E-state index contributed by atoms with van der Waals surface area (Å²) >= 11 is 0. The van der Waals surface area contributed by atoms with Crippen LogP contribution < -0.4 is 0 Å². The Labute approximate surface area is 130 Å². The Morgan fingerprint density at radius 1 is 1.61 bits per heavy atom. The van der Waals surface area contributed by atoms with Gasteiger partial charge in [0.2, 0.25) is 0 Å². The second-order valence-electron chi connectivity index (χ2n) is 5.17. The largest absolute Gasteiger partial charge is 0.462 e. The van der Waals surface area contributed by atoms with Crippen LogP contribution in [0.3, 0.4) is 0 Å². The minimum absolute atomic E-state index is 0.0551. The third-order valence-corrected chi connectivity index (χ3v) is 3.88. The summed E-state index contributed by atoms with van der Waals surface area (Å²) in [6, 6.07) is 4.05. The number of nitro groups is 1. The molecule has 2 aromatic rings. The number of azide groups is 1. The first kappa shape index (κ1) is 14.9. The first-order chi connectivity index (χ1) is 11.1. The lowest BCUT2D eigenvalue weighted by Gasteiger charge is -2.04. The van der Waals surface area contributed by atoms with E-state index in [1.165, 1.54) is 12.1 Å². The van der Waals surface area contributed by atoms with Crippen molar-refractivity contribution >= 4 is 22.6 Å². The molecular weight excluding hydrogens is 302 g/mol. The Morgan fingerprint density at radius 3 is 3.04 bits per heavy atom. The van der Waals surface area contributed by atoms with Gasteiger partial charge in [-0.15, -0.1) is 0 Å². The van der Waals surface area contributed by atoms with Crippen LogP contribution in [0.2, 0.25) is 0 Å². The second kappa shape index (κ2) is 5.62. The molecule has 3 rings (SSSR count). The van der Waals surface area contributed by atoms with E-state index in [0.717, 1.165) is 0 Å². The number of esters is 1. The van der Waals surface area contributed by atoms with Gasteiger partial charge in [0, 0.05) is 34.7 Å². The Kier molecular flexibility index (Phi) is 3.63. The minimum atomic E-state index is -0.483. The standard InChI is InChI=1S/C14H13N5O4/c1-2-23-14(20)13-10-4-3-9(19(21)22)6-11(10)18-7-8(16-17-15)5-12(13)18/h3-4,6,8H,2,5,7H2,1H3. The first-order valence-electron chi connectivity index (χ1n) is 7.07. The van der Waals surface area contributed by atoms with E-state index >= 15 is 0 Å². The Bertz CT molecular complexity index is 866. The summed E-state index contributed by atoms with van der Waals surface area (Å²) in [4.78, 5) is 25.6. The quantitative estimate of drug-likeness (QED) is 0.215. The van der Waals surface area contributed by atoms with Crippen LogP contribution in [0.15, 0.2) is 23.3 Å². The molecule has 0 bridgehead atoms. The molecule has 23 heavy (non-hydrogen) atoms. The van der Waals surface area contributed by atoms with E-state index in [1.54, 1.807) is 17.6 Å². The number of rotatable bonds is 4. The maximum absolute atomic E-state index is 12.3. The molecule has 0 fully saturated rings. The fourth-order valence-corrected chi connectivity index (χ4v) is 3.00. The third kappa shape index (κ3) is 2.36. The number of nitro benzene ring substituents is 1. The smallest absolute Gasteiger partial charge is 0.340 e. The number of hydrogen-bond acceptors (Lipinski definition) is 5. The van der Waals surface area contributed by atoms with Gasteiger partial charge in [-0.25, -0.2) is 4.79 Å². The minimum Gasteiger partial charge on any atom is -0.462 e. The topological polar surface area (TPSA) is 123 Å². The molecule has 1 unspecified atom stereocenters. The molecule has 0 saturated heterocycles. The van der Waals surface area contributed by atoms with Gasteiger partial charge in [0.15, 0.2) is 0 Å². The summed E-state index contributed by atoms with van der Waals surface area (Å²) in [7, 11) is 0. The highest BCUT2D eigenvalue weighted by Crippen LogP contribution is 2.35. The first-order valence-corrected chi connectivity index (χ1v) is 7.07. The Balaban J connectivity index is 2.22. The highest BCUT2D eigenvalue weighted by Gasteiger charge is 2.31. The fourth-order valence-electron chi connectivity index (χ4n) is 3.00. The molecule has 0 amide bonds. The molecule has 0 aliphatic carbocycles. The highest BCUT2D eigenvalue weighted by molar-refractivity contribution is 6.06. The van der Waals surface area contributed by atoms with Crippen molar-refractivity contribution in [2.75, 3.05) is 6.61 Å². The van der Waals surface area contributed by atoms with Gasteiger partial charge in [0.05, 0.1) is 28.7 Å². The molecule has 1 aromatic carbocycles. The third-order valence-electron chi connectivity index (χ3n) is 3.88. The van der Waals surface area contributed by atoms with Crippen LogP contribution in [0.25, 0.3) is 21.3 Å². The summed E-state index contributed by atoms with van der Waals surface area (Å²) in [6.07, 6.45) is 0.403. The highest BCUT2D eigenvalue weighted by atomic mass is 16.6. The van der Waals surface area contributed by atoms with Gasteiger partial charge < -0.3 is 9.30 Å². The SMILES string of the molecule is CCOC(=O)c1c2n(c3cc([N+](=O)[O-])ccc13)CC(N=[N+]=[N-])C2. The van der Waals surface area contributed by atoms with Gasteiger partial charge in [-0.2, -0.15) is 0 Å². The van der Waals surface area contributed by atoms with Crippen LogP contribution in [0.4, 0.5) is 5.69 Å². The van der Waals surface area contributed by atoms with E-state index in [4.69, 9.17) is 10.3 Å². The van der Waals surface area contributed by atoms with Crippen molar-refractivity contribution in [1.82, 2.24) is 4.57 Å². The Hall–Kier alpha value is -3.06.